The van der Waals surface area contributed by atoms with E-state index in [0.717, 1.165) is 80.1 Å². The van der Waals surface area contributed by atoms with E-state index < -0.39 is 0 Å². The van der Waals surface area contributed by atoms with Gasteiger partial charge in [-0.2, -0.15) is 0 Å². The van der Waals surface area contributed by atoms with Gasteiger partial charge in [-0.1, -0.05) is 42.0 Å². The first kappa shape index (κ1) is 41.6. The highest BCUT2D eigenvalue weighted by Crippen LogP contribution is 2.49. The monoisotopic (exact) mass is 738 g/mol. The number of carbonyl (C=O) groups excluding carboxylic acids is 2. The summed E-state index contributed by atoms with van der Waals surface area (Å²) in [6, 6.07) is 0. The Morgan fingerprint density at radius 2 is 1.66 bits per heavy atom. The molecule has 0 radical (unpaired) electrons. The molecule has 4 heterocycles. The number of aliphatic hydroxyl groups is 1. The Hall–Kier alpha value is -2.56. The fourth-order valence-electron chi connectivity index (χ4n) is 8.99. The van der Waals surface area contributed by atoms with Crippen LogP contribution < -0.4 is 0 Å². The van der Waals surface area contributed by atoms with Crippen molar-refractivity contribution in [3.8, 4) is 0 Å². The van der Waals surface area contributed by atoms with Crippen molar-refractivity contribution < 1.29 is 43.1 Å². The molecule has 0 amide bonds. The van der Waals surface area contributed by atoms with Crippen LogP contribution in [0.3, 0.4) is 0 Å². The van der Waals surface area contributed by atoms with Gasteiger partial charge >= 0.3 is 5.97 Å². The quantitative estimate of drug-likeness (QED) is 0.134. The second kappa shape index (κ2) is 16.7. The van der Waals surface area contributed by atoms with Gasteiger partial charge in [-0.3, -0.25) is 9.59 Å². The van der Waals surface area contributed by atoms with Crippen LogP contribution in [0, 0.1) is 23.7 Å². The van der Waals surface area contributed by atoms with Gasteiger partial charge in [0.15, 0.2) is 0 Å². The molecular weight excluding hydrogens is 672 g/mol. The molecule has 0 bridgehead atoms. The summed E-state index contributed by atoms with van der Waals surface area (Å²) in [5.41, 5.74) is 5.20. The topological polar surface area (TPSA) is 120 Å². The van der Waals surface area contributed by atoms with Crippen LogP contribution >= 0.6 is 0 Å². The zero-order valence-corrected chi connectivity index (χ0v) is 33.8. The van der Waals surface area contributed by atoms with Crippen molar-refractivity contribution in [3.05, 3.63) is 59.4 Å². The van der Waals surface area contributed by atoms with Crippen molar-refractivity contribution in [2.45, 2.75) is 167 Å². The molecule has 10 atom stereocenters. The number of hydrogen-bond acceptors (Lipinski definition) is 9. The van der Waals surface area contributed by atoms with E-state index in [2.05, 4.69) is 66.9 Å². The van der Waals surface area contributed by atoms with Crippen LogP contribution in [-0.2, 0) is 38.0 Å². The van der Waals surface area contributed by atoms with Crippen LogP contribution in [0.25, 0.3) is 0 Å². The highest BCUT2D eigenvalue weighted by molar-refractivity contribution is 5.82. The predicted octanol–water partition coefficient (Wildman–Crippen LogP) is 8.26. The molecule has 3 saturated heterocycles. The Labute approximate surface area is 318 Å². The first-order valence-electron chi connectivity index (χ1n) is 19.8. The average Bonchev–Trinajstić information content (AvgIpc) is 4.02. The maximum atomic E-state index is 12.4. The van der Waals surface area contributed by atoms with Gasteiger partial charge in [0.2, 0.25) is 6.29 Å². The van der Waals surface area contributed by atoms with E-state index in [0.29, 0.717) is 6.42 Å². The Morgan fingerprint density at radius 3 is 2.25 bits per heavy atom. The molecule has 6 rings (SSSR count). The highest BCUT2D eigenvalue weighted by atomic mass is 16.7. The summed E-state index contributed by atoms with van der Waals surface area (Å²) in [6.07, 6.45) is 14.8. The first-order chi connectivity index (χ1) is 24.9. The molecule has 3 unspecified atom stereocenters. The number of fused-ring (bicyclic) bond motifs is 2. The highest BCUT2D eigenvalue weighted by Gasteiger charge is 2.53. The molecule has 9 nitrogen and oxygen atoms in total. The third-order valence-corrected chi connectivity index (χ3v) is 12.7. The summed E-state index contributed by atoms with van der Waals surface area (Å²) in [5.74, 6) is -0.106. The minimum atomic E-state index is -0.355. The van der Waals surface area contributed by atoms with E-state index in [1.807, 2.05) is 0 Å². The number of hydrogen-bond donors (Lipinski definition) is 1. The van der Waals surface area contributed by atoms with Crippen molar-refractivity contribution in [1.29, 1.82) is 0 Å². The van der Waals surface area contributed by atoms with Crippen LogP contribution in [0.1, 0.15) is 120 Å². The average molecular weight is 739 g/mol. The summed E-state index contributed by atoms with van der Waals surface area (Å²) in [7, 11) is 1.67. The molecule has 0 aromatic carbocycles. The number of methoxy groups -OCH3 is 1. The van der Waals surface area contributed by atoms with Crippen LogP contribution in [0.2, 0.25) is 0 Å². The lowest BCUT2D eigenvalue weighted by Gasteiger charge is -2.40. The van der Waals surface area contributed by atoms with Crippen molar-refractivity contribution in [1.82, 2.24) is 0 Å². The van der Waals surface area contributed by atoms with Gasteiger partial charge in [0.25, 0.3) is 0 Å². The number of ketones is 1. The largest absolute Gasteiger partial charge is 0.472 e. The summed E-state index contributed by atoms with van der Waals surface area (Å²) < 4.78 is 34.7. The van der Waals surface area contributed by atoms with Crippen molar-refractivity contribution in [2.75, 3.05) is 13.7 Å². The summed E-state index contributed by atoms with van der Waals surface area (Å²) in [5, 5.41) is 10.0. The number of allylic oxidation sites excluding steroid dienone is 3. The maximum absolute atomic E-state index is 12.4. The number of aliphatic hydroxyl groups excluding tert-OH is 1. The Morgan fingerprint density at radius 1 is 0.981 bits per heavy atom. The normalized spacial score (nSPS) is 37.6. The zero-order valence-electron chi connectivity index (χ0n) is 33.8. The van der Waals surface area contributed by atoms with E-state index in [1.165, 1.54) is 12.5 Å². The molecule has 0 aromatic rings. The lowest BCUT2D eigenvalue weighted by atomic mass is 9.74. The van der Waals surface area contributed by atoms with Gasteiger partial charge < -0.3 is 33.5 Å². The molecule has 0 aromatic heterocycles. The van der Waals surface area contributed by atoms with Gasteiger partial charge in [-0.05, 0) is 124 Å². The minimum absolute atomic E-state index is 0.0108. The minimum Gasteiger partial charge on any atom is -0.472 e. The lowest BCUT2D eigenvalue weighted by molar-refractivity contribution is -0.150. The Kier molecular flexibility index (Phi) is 13.1. The number of rotatable bonds is 10. The number of esters is 1. The van der Waals surface area contributed by atoms with E-state index in [1.54, 1.807) is 20.3 Å². The summed E-state index contributed by atoms with van der Waals surface area (Å²) in [6.45, 7) is 24.3. The molecule has 0 spiro atoms. The van der Waals surface area contributed by atoms with Crippen molar-refractivity contribution in [3.63, 3.8) is 0 Å². The van der Waals surface area contributed by atoms with E-state index in [-0.39, 0.29) is 89.5 Å². The summed E-state index contributed by atoms with van der Waals surface area (Å²) >= 11 is 0. The standard InChI is InChI=1S/C23H34O5.C21H32O4/c1-14-8-7-9-15(2)21-17(11-10-14)18(13-26-22(21)25-6)19(27-16(3)24)12-20-23(4,5)28-20;1-13-6-8-18-21(5,25-18)11-10-16(19(13)14(2)23)15(12-22)7-9-17-20(3,4)24-17/h8,13,17,19-22H,2,7,9-12H2,1,3-6H3;7,16-19,22H,1,6,8-12H2,2-5H3/b14-8+;15-7+/t17-,19?,20?,21+,22+;16-,17?,18+,19-,21+/m11/s1. The molecule has 9 heteroatoms. The number of ether oxygens (including phenoxy) is 6. The fourth-order valence-corrected chi connectivity index (χ4v) is 8.99. The molecular formula is C44H66O9. The third kappa shape index (κ3) is 10.2. The molecule has 53 heavy (non-hydrogen) atoms. The molecule has 4 fully saturated rings. The molecule has 1 saturated carbocycles. The zero-order chi connectivity index (χ0) is 38.9. The van der Waals surface area contributed by atoms with E-state index in [4.69, 9.17) is 28.4 Å². The van der Waals surface area contributed by atoms with Crippen LogP contribution in [-0.4, -0.2) is 78.1 Å². The van der Waals surface area contributed by atoms with Gasteiger partial charge in [0.05, 0.1) is 48.0 Å². The molecule has 296 valence electrons. The smallest absolute Gasteiger partial charge is 0.303 e. The van der Waals surface area contributed by atoms with Gasteiger partial charge in [0, 0.05) is 37.9 Å². The van der Waals surface area contributed by atoms with E-state index >= 15 is 0 Å². The van der Waals surface area contributed by atoms with Gasteiger partial charge in [0.1, 0.15) is 11.9 Å². The second-order valence-electron chi connectivity index (χ2n) is 17.6. The van der Waals surface area contributed by atoms with Crippen LogP contribution in [0.15, 0.2) is 59.4 Å². The lowest BCUT2D eigenvalue weighted by Crippen LogP contribution is -2.40. The number of epoxide rings is 3. The molecule has 6 aliphatic rings. The Bertz CT molecular complexity index is 1480. The predicted molar refractivity (Wildman–Crippen MR) is 205 cm³/mol. The maximum Gasteiger partial charge on any atom is 0.303 e. The Balaban J connectivity index is 0.000000206. The number of Topliss-reactive ketones (excluding diaryl/α,β-unsaturated/α-hetero) is 1. The van der Waals surface area contributed by atoms with Crippen molar-refractivity contribution in [2.24, 2.45) is 23.7 Å². The van der Waals surface area contributed by atoms with Crippen molar-refractivity contribution >= 4 is 11.8 Å². The SMILES string of the molecule is C=C1CC/C=C(\C)CC[C@@H]2C(C(CC3OC3(C)C)OC(C)=O)=CO[C@H](OC)[C@@H]12.C=C1CC[C@@H]2O[C@@]2(C)CC[C@H](/C(=C/CC2OC2(C)C)CO)[C@H]1C(C)=O. The molecule has 2 aliphatic carbocycles. The molecule has 4 aliphatic heterocycles. The second-order valence-corrected chi connectivity index (χ2v) is 17.6. The summed E-state index contributed by atoms with van der Waals surface area (Å²) in [4.78, 5) is 24.3. The van der Waals surface area contributed by atoms with Crippen LogP contribution in [0.4, 0.5) is 0 Å². The van der Waals surface area contributed by atoms with Gasteiger partial charge in [-0.15, -0.1) is 0 Å². The first-order valence-corrected chi connectivity index (χ1v) is 19.8. The third-order valence-electron chi connectivity index (χ3n) is 12.7. The van der Waals surface area contributed by atoms with Gasteiger partial charge in [-0.25, -0.2) is 0 Å². The number of carbonyl (C=O) groups is 2. The molecule has 1 N–H and O–H groups in total. The van der Waals surface area contributed by atoms with E-state index in [9.17, 15) is 14.7 Å². The van der Waals surface area contributed by atoms with Crippen LogP contribution in [0.5, 0.6) is 0 Å². The fraction of sp³-hybridized carbons (Fsp3) is 0.727.